The van der Waals surface area contributed by atoms with Crippen LogP contribution < -0.4 is 0 Å². The van der Waals surface area contributed by atoms with Crippen molar-refractivity contribution >= 4 is 8.41 Å². The summed E-state index contributed by atoms with van der Waals surface area (Å²) >= 11 is 0. The van der Waals surface area contributed by atoms with E-state index in [0.717, 1.165) is 6.42 Å². The van der Waals surface area contributed by atoms with E-state index in [1.165, 1.54) is 12.0 Å². The largest absolute Gasteiger partial charge is 0.264 e. The average Bonchev–Trinajstić information content (AvgIpc) is 1.91. The van der Waals surface area contributed by atoms with Crippen molar-refractivity contribution in [2.24, 2.45) is 0 Å². The lowest BCUT2D eigenvalue weighted by molar-refractivity contribution is 0.914. The van der Waals surface area contributed by atoms with E-state index in [1.54, 1.807) is 6.20 Å². The predicted molar refractivity (Wildman–Crippen MR) is 48.2 cm³/mol. The number of hydrogen-bond acceptors (Lipinski definition) is 1. The molecule has 2 heteroatoms. The molecule has 1 nitrogen and oxygen atoms in total. The summed E-state index contributed by atoms with van der Waals surface area (Å²) in [5.74, 6) is 0. The highest BCUT2D eigenvalue weighted by atomic mass is 14.6. The lowest BCUT2D eigenvalue weighted by Crippen LogP contribution is -1.81. The van der Waals surface area contributed by atoms with Crippen LogP contribution in [0, 0.1) is 0 Å². The fraction of sp³-hybridized carbons (Fsp3) is 0.375. The van der Waals surface area contributed by atoms with Gasteiger partial charge in [0.15, 0.2) is 0 Å². The summed E-state index contributed by atoms with van der Waals surface area (Å²) in [6, 6.07) is 4.08. The Kier molecular flexibility index (Phi) is 4.64. The lowest BCUT2D eigenvalue weighted by atomic mass is 10.2. The van der Waals surface area contributed by atoms with E-state index in [9.17, 15) is 0 Å². The molecular formula is C8H14BN. The summed E-state index contributed by atoms with van der Waals surface area (Å²) < 4.78 is 0. The first-order valence-electron chi connectivity index (χ1n) is 3.32. The molecule has 0 unspecified atom stereocenters. The second-order valence-corrected chi connectivity index (χ2v) is 2.11. The molecule has 0 aliphatic heterocycles. The van der Waals surface area contributed by atoms with Gasteiger partial charge in [-0.05, 0) is 18.1 Å². The van der Waals surface area contributed by atoms with E-state index in [-0.39, 0.29) is 8.41 Å². The fourth-order valence-corrected chi connectivity index (χ4v) is 0.835. The van der Waals surface area contributed by atoms with E-state index in [2.05, 4.69) is 18.0 Å². The molecule has 0 bridgehead atoms. The first-order valence-corrected chi connectivity index (χ1v) is 3.32. The number of aromatic nitrogens is 1. The molecule has 0 aliphatic rings. The van der Waals surface area contributed by atoms with Gasteiger partial charge in [0.05, 0.1) is 8.41 Å². The van der Waals surface area contributed by atoms with Gasteiger partial charge in [-0.15, -0.1) is 0 Å². The third-order valence-corrected chi connectivity index (χ3v) is 1.26. The molecule has 0 amide bonds. The van der Waals surface area contributed by atoms with Crippen molar-refractivity contribution < 1.29 is 0 Å². The molecule has 0 atom stereocenters. The highest BCUT2D eigenvalue weighted by molar-refractivity contribution is 5.75. The van der Waals surface area contributed by atoms with Gasteiger partial charge in [-0.25, -0.2) is 0 Å². The molecule has 1 rings (SSSR count). The zero-order chi connectivity index (χ0) is 6.53. The molecule has 0 saturated heterocycles. The van der Waals surface area contributed by atoms with E-state index in [4.69, 9.17) is 0 Å². The second kappa shape index (κ2) is 5.04. The van der Waals surface area contributed by atoms with Crippen LogP contribution in [0.1, 0.15) is 18.9 Å². The number of pyridine rings is 1. The van der Waals surface area contributed by atoms with Gasteiger partial charge < -0.3 is 0 Å². The normalized spacial score (nSPS) is 8.50. The summed E-state index contributed by atoms with van der Waals surface area (Å²) in [6.07, 6.45) is 6.07. The van der Waals surface area contributed by atoms with Crippen LogP contribution in [0.5, 0.6) is 0 Å². The number of hydrogen-bond donors (Lipinski definition) is 0. The zero-order valence-corrected chi connectivity index (χ0v) is 5.67. The van der Waals surface area contributed by atoms with Crippen molar-refractivity contribution in [1.82, 2.24) is 4.98 Å². The SMILES string of the molecule is B.CCCc1cccnc1. The molecule has 0 fully saturated rings. The maximum absolute atomic E-state index is 4.00. The quantitative estimate of drug-likeness (QED) is 0.548. The summed E-state index contributed by atoms with van der Waals surface area (Å²) in [6.45, 7) is 2.17. The third-order valence-electron chi connectivity index (χ3n) is 1.26. The molecule has 0 spiro atoms. The van der Waals surface area contributed by atoms with Crippen molar-refractivity contribution in [2.45, 2.75) is 19.8 Å². The van der Waals surface area contributed by atoms with Gasteiger partial charge in [0.2, 0.25) is 0 Å². The first-order chi connectivity index (χ1) is 4.43. The maximum Gasteiger partial charge on any atom is 0.0814 e. The van der Waals surface area contributed by atoms with Gasteiger partial charge in [-0.3, -0.25) is 4.98 Å². The van der Waals surface area contributed by atoms with E-state index in [1.807, 2.05) is 12.3 Å². The lowest BCUT2D eigenvalue weighted by Gasteiger charge is -1.92. The maximum atomic E-state index is 4.00. The van der Waals surface area contributed by atoms with Crippen LogP contribution in [-0.4, -0.2) is 13.4 Å². The van der Waals surface area contributed by atoms with Crippen LogP contribution in [0.2, 0.25) is 0 Å². The molecule has 1 heterocycles. The Morgan fingerprint density at radius 1 is 1.50 bits per heavy atom. The molecule has 0 N–H and O–H groups in total. The molecule has 0 radical (unpaired) electrons. The summed E-state index contributed by atoms with van der Waals surface area (Å²) in [4.78, 5) is 4.00. The Morgan fingerprint density at radius 3 is 2.80 bits per heavy atom. The summed E-state index contributed by atoms with van der Waals surface area (Å²) in [5.41, 5.74) is 1.33. The van der Waals surface area contributed by atoms with Crippen molar-refractivity contribution in [1.29, 1.82) is 0 Å². The molecule has 0 aromatic carbocycles. The molecule has 54 valence electrons. The van der Waals surface area contributed by atoms with Crippen LogP contribution in [-0.2, 0) is 6.42 Å². The average molecular weight is 135 g/mol. The minimum Gasteiger partial charge on any atom is -0.264 e. The van der Waals surface area contributed by atoms with Gasteiger partial charge in [0.25, 0.3) is 0 Å². The van der Waals surface area contributed by atoms with Crippen LogP contribution in [0.15, 0.2) is 24.5 Å². The molecule has 0 aliphatic carbocycles. The highest BCUT2D eigenvalue weighted by Crippen LogP contribution is 1.98. The van der Waals surface area contributed by atoms with Gasteiger partial charge in [0, 0.05) is 12.4 Å². The van der Waals surface area contributed by atoms with Crippen molar-refractivity contribution in [3.8, 4) is 0 Å². The third kappa shape index (κ3) is 2.67. The van der Waals surface area contributed by atoms with Crippen molar-refractivity contribution in [3.63, 3.8) is 0 Å². The smallest absolute Gasteiger partial charge is 0.0814 e. The van der Waals surface area contributed by atoms with Crippen LogP contribution >= 0.6 is 0 Å². The molecule has 1 aromatic heterocycles. The molecule has 1 aromatic rings. The van der Waals surface area contributed by atoms with Crippen LogP contribution in [0.3, 0.4) is 0 Å². The van der Waals surface area contributed by atoms with Crippen LogP contribution in [0.25, 0.3) is 0 Å². The number of nitrogens with zero attached hydrogens (tertiary/aromatic N) is 1. The predicted octanol–water partition coefficient (Wildman–Crippen LogP) is 0.850. The first kappa shape index (κ1) is 9.21. The molecule has 10 heavy (non-hydrogen) atoms. The topological polar surface area (TPSA) is 12.9 Å². The standard InChI is InChI=1S/C8H11N.BH3/c1-2-4-8-5-3-6-9-7-8;/h3,5-7H,2,4H2,1H3;1H3. The van der Waals surface area contributed by atoms with E-state index in [0.29, 0.717) is 0 Å². The zero-order valence-electron chi connectivity index (χ0n) is 5.67. The molecular weight excluding hydrogens is 121 g/mol. The Labute approximate surface area is 64.1 Å². The Bertz CT molecular complexity index is 162. The van der Waals surface area contributed by atoms with Crippen LogP contribution in [0.4, 0.5) is 0 Å². The van der Waals surface area contributed by atoms with Crippen molar-refractivity contribution in [3.05, 3.63) is 30.1 Å². The number of rotatable bonds is 2. The minimum absolute atomic E-state index is 0. The summed E-state index contributed by atoms with van der Waals surface area (Å²) in [7, 11) is 0. The van der Waals surface area contributed by atoms with Crippen molar-refractivity contribution in [2.75, 3.05) is 0 Å². The second-order valence-electron chi connectivity index (χ2n) is 2.11. The van der Waals surface area contributed by atoms with Gasteiger partial charge in [-0.2, -0.15) is 0 Å². The van der Waals surface area contributed by atoms with Gasteiger partial charge >= 0.3 is 0 Å². The monoisotopic (exact) mass is 135 g/mol. The van der Waals surface area contributed by atoms with Gasteiger partial charge in [-0.1, -0.05) is 19.4 Å². The van der Waals surface area contributed by atoms with E-state index >= 15 is 0 Å². The highest BCUT2D eigenvalue weighted by Gasteiger charge is 1.85. The Hall–Kier alpha value is -0.785. The van der Waals surface area contributed by atoms with Gasteiger partial charge in [0.1, 0.15) is 0 Å². The van der Waals surface area contributed by atoms with E-state index < -0.39 is 0 Å². The fourth-order valence-electron chi connectivity index (χ4n) is 0.835. The summed E-state index contributed by atoms with van der Waals surface area (Å²) in [5, 5.41) is 0. The number of aryl methyl sites for hydroxylation is 1. The Morgan fingerprint density at radius 2 is 2.30 bits per heavy atom. The molecule has 0 saturated carbocycles. The minimum atomic E-state index is 0. The Balaban J connectivity index is 0.000000810.